The first kappa shape index (κ1) is 19.9. The van der Waals surface area contributed by atoms with Crippen molar-refractivity contribution in [1.82, 2.24) is 10.0 Å². The van der Waals surface area contributed by atoms with Gasteiger partial charge in [0, 0.05) is 53.0 Å². The van der Waals surface area contributed by atoms with Gasteiger partial charge in [0.1, 0.15) is 11.5 Å². The van der Waals surface area contributed by atoms with Crippen LogP contribution in [0.15, 0.2) is 57.8 Å². The van der Waals surface area contributed by atoms with Crippen molar-refractivity contribution in [2.75, 3.05) is 13.3 Å². The van der Waals surface area contributed by atoms with E-state index in [4.69, 9.17) is 4.42 Å². The number of benzene rings is 2. The van der Waals surface area contributed by atoms with Crippen LogP contribution in [0.5, 0.6) is 0 Å². The number of aryl methyl sites for hydroxylation is 1. The van der Waals surface area contributed by atoms with Gasteiger partial charge in [-0.1, -0.05) is 0 Å². The van der Waals surface area contributed by atoms with E-state index in [1.807, 2.05) is 0 Å². The minimum Gasteiger partial charge on any atom is -0.440 e. The Hall–Kier alpha value is -2.84. The van der Waals surface area contributed by atoms with E-state index in [1.54, 1.807) is 42.7 Å². The predicted molar refractivity (Wildman–Crippen MR) is 103 cm³/mol. The van der Waals surface area contributed by atoms with Gasteiger partial charge in [0.15, 0.2) is 11.7 Å². The molecule has 0 bridgehead atoms. The summed E-state index contributed by atoms with van der Waals surface area (Å²) in [6.45, 7) is 0. The Morgan fingerprint density at radius 2 is 1.75 bits per heavy atom. The van der Waals surface area contributed by atoms with Crippen LogP contribution in [0.3, 0.4) is 0 Å². The molecule has 1 atom stereocenters. The number of hydroxylamine groups is 2. The van der Waals surface area contributed by atoms with E-state index in [2.05, 4.69) is 4.98 Å². The number of nitrogens with zero attached hydrogens (tertiary/aromatic N) is 2. The second-order valence-electron chi connectivity index (χ2n) is 6.19. The van der Waals surface area contributed by atoms with Gasteiger partial charge in [-0.3, -0.25) is 14.2 Å². The molecule has 0 aliphatic heterocycles. The third-order valence-electron chi connectivity index (χ3n) is 4.15. The fourth-order valence-electron chi connectivity index (χ4n) is 2.64. The summed E-state index contributed by atoms with van der Waals surface area (Å²) in [5, 5.41) is 9.71. The zero-order chi connectivity index (χ0) is 20.3. The Labute approximate surface area is 164 Å². The molecule has 146 valence electrons. The standard InChI is InChI=1S/C20H19FN2O4S/c1-23(25)18(24)12-11-17-22-19(13-3-7-15(21)8-4-13)20(27-17)14-5-9-16(10-6-14)28(2)26/h3-10,25H,11-12H2,1-2H3. The van der Waals surface area contributed by atoms with Crippen LogP contribution in [-0.2, 0) is 22.0 Å². The first-order valence-corrected chi connectivity index (χ1v) is 10.1. The maximum Gasteiger partial charge on any atom is 0.246 e. The van der Waals surface area contributed by atoms with Crippen LogP contribution in [0, 0.1) is 5.82 Å². The van der Waals surface area contributed by atoms with E-state index < -0.39 is 16.7 Å². The molecule has 6 nitrogen and oxygen atoms in total. The number of hydrogen-bond acceptors (Lipinski definition) is 5. The number of amides is 1. The number of aromatic nitrogens is 1. The molecule has 1 heterocycles. The summed E-state index contributed by atoms with van der Waals surface area (Å²) in [5.41, 5.74) is 1.91. The van der Waals surface area contributed by atoms with Crippen molar-refractivity contribution in [3.63, 3.8) is 0 Å². The topological polar surface area (TPSA) is 83.6 Å². The molecule has 0 radical (unpaired) electrons. The highest BCUT2D eigenvalue weighted by molar-refractivity contribution is 7.84. The van der Waals surface area contributed by atoms with Crippen LogP contribution in [-0.4, -0.2) is 38.7 Å². The van der Waals surface area contributed by atoms with E-state index in [0.717, 1.165) is 5.56 Å². The zero-order valence-corrected chi connectivity index (χ0v) is 16.2. The van der Waals surface area contributed by atoms with Crippen molar-refractivity contribution in [3.8, 4) is 22.6 Å². The number of carbonyl (C=O) groups is 1. The van der Waals surface area contributed by atoms with E-state index in [9.17, 15) is 18.6 Å². The van der Waals surface area contributed by atoms with E-state index in [0.29, 0.717) is 32.9 Å². The summed E-state index contributed by atoms with van der Waals surface area (Å²) >= 11 is 0. The van der Waals surface area contributed by atoms with Crippen molar-refractivity contribution < 1.29 is 23.0 Å². The Kier molecular flexibility index (Phi) is 6.01. The average molecular weight is 402 g/mol. The molecule has 0 saturated heterocycles. The minimum absolute atomic E-state index is 0.0313. The first-order chi connectivity index (χ1) is 13.3. The van der Waals surface area contributed by atoms with Crippen molar-refractivity contribution >= 4 is 16.7 Å². The molecule has 1 unspecified atom stereocenters. The molecule has 3 aromatic rings. The molecule has 0 aliphatic carbocycles. The van der Waals surface area contributed by atoms with Crippen LogP contribution in [0.25, 0.3) is 22.6 Å². The van der Waals surface area contributed by atoms with Crippen molar-refractivity contribution in [2.24, 2.45) is 0 Å². The molecule has 28 heavy (non-hydrogen) atoms. The van der Waals surface area contributed by atoms with Gasteiger partial charge in [-0.25, -0.2) is 14.4 Å². The van der Waals surface area contributed by atoms with Crippen molar-refractivity contribution in [2.45, 2.75) is 17.7 Å². The Morgan fingerprint density at radius 3 is 2.32 bits per heavy atom. The van der Waals surface area contributed by atoms with Crippen LogP contribution >= 0.6 is 0 Å². The molecule has 0 aliphatic rings. The van der Waals surface area contributed by atoms with E-state index in [1.165, 1.54) is 19.2 Å². The van der Waals surface area contributed by atoms with Crippen LogP contribution in [0.1, 0.15) is 12.3 Å². The van der Waals surface area contributed by atoms with Crippen LogP contribution < -0.4 is 0 Å². The summed E-state index contributed by atoms with van der Waals surface area (Å²) in [5.74, 6) is -0.0225. The van der Waals surface area contributed by atoms with Gasteiger partial charge in [0.25, 0.3) is 0 Å². The molecular weight excluding hydrogens is 383 g/mol. The molecule has 3 rings (SSSR count). The zero-order valence-electron chi connectivity index (χ0n) is 15.4. The number of hydrogen-bond donors (Lipinski definition) is 1. The second kappa shape index (κ2) is 8.45. The molecule has 2 aromatic carbocycles. The van der Waals surface area contributed by atoms with Crippen LogP contribution in [0.4, 0.5) is 4.39 Å². The number of oxazole rings is 1. The molecule has 1 aromatic heterocycles. The summed E-state index contributed by atoms with van der Waals surface area (Å²) in [4.78, 5) is 16.8. The van der Waals surface area contributed by atoms with E-state index >= 15 is 0 Å². The van der Waals surface area contributed by atoms with Crippen molar-refractivity contribution in [1.29, 1.82) is 0 Å². The molecule has 1 amide bonds. The average Bonchev–Trinajstić information content (AvgIpc) is 3.11. The van der Waals surface area contributed by atoms with Gasteiger partial charge < -0.3 is 4.42 Å². The highest BCUT2D eigenvalue weighted by Gasteiger charge is 2.18. The normalized spacial score (nSPS) is 12.0. The summed E-state index contributed by atoms with van der Waals surface area (Å²) < 4.78 is 30.8. The molecule has 0 spiro atoms. The Morgan fingerprint density at radius 1 is 1.14 bits per heavy atom. The number of carbonyl (C=O) groups excluding carboxylic acids is 1. The maximum absolute atomic E-state index is 13.3. The Balaban J connectivity index is 1.99. The summed E-state index contributed by atoms with van der Waals surface area (Å²) in [6, 6.07) is 12.9. The lowest BCUT2D eigenvalue weighted by molar-refractivity contribution is -0.159. The highest BCUT2D eigenvalue weighted by Crippen LogP contribution is 2.33. The maximum atomic E-state index is 13.3. The Bertz CT molecular complexity index is 998. The lowest BCUT2D eigenvalue weighted by Crippen LogP contribution is -2.22. The van der Waals surface area contributed by atoms with Crippen LogP contribution in [0.2, 0.25) is 0 Å². The molecule has 1 N–H and O–H groups in total. The van der Waals surface area contributed by atoms with Gasteiger partial charge in [-0.2, -0.15) is 0 Å². The number of rotatable bonds is 6. The monoisotopic (exact) mass is 402 g/mol. The minimum atomic E-state index is -1.10. The van der Waals surface area contributed by atoms with Crippen molar-refractivity contribution in [3.05, 3.63) is 60.2 Å². The SMILES string of the molecule is CN(O)C(=O)CCc1nc(-c2ccc(F)cc2)c(-c2ccc(S(C)=O)cc2)o1. The first-order valence-electron chi connectivity index (χ1n) is 8.50. The van der Waals surface area contributed by atoms with E-state index in [-0.39, 0.29) is 18.7 Å². The van der Waals surface area contributed by atoms with Gasteiger partial charge in [0.05, 0.1) is 0 Å². The smallest absolute Gasteiger partial charge is 0.246 e. The quantitative estimate of drug-likeness (QED) is 0.502. The largest absolute Gasteiger partial charge is 0.440 e. The summed E-state index contributed by atoms with van der Waals surface area (Å²) in [7, 11) is 0.157. The van der Waals surface area contributed by atoms with Gasteiger partial charge >= 0.3 is 0 Å². The summed E-state index contributed by atoms with van der Waals surface area (Å²) in [6.07, 6.45) is 1.83. The molecule has 8 heteroatoms. The third kappa shape index (κ3) is 4.52. The lowest BCUT2D eigenvalue weighted by Gasteiger charge is -2.06. The molecule has 0 saturated carbocycles. The van der Waals surface area contributed by atoms with Gasteiger partial charge in [-0.15, -0.1) is 0 Å². The fraction of sp³-hybridized carbons (Fsp3) is 0.200. The highest BCUT2D eigenvalue weighted by atomic mass is 32.2. The van der Waals surface area contributed by atoms with Gasteiger partial charge in [-0.05, 0) is 48.5 Å². The fourth-order valence-corrected chi connectivity index (χ4v) is 3.16. The molecule has 0 fully saturated rings. The number of halogens is 1. The second-order valence-corrected chi connectivity index (χ2v) is 7.57. The lowest BCUT2D eigenvalue weighted by atomic mass is 10.1. The molecular formula is C20H19FN2O4S. The predicted octanol–water partition coefficient (Wildman–Crippen LogP) is 3.67. The van der Waals surface area contributed by atoms with Gasteiger partial charge in [0.2, 0.25) is 5.91 Å². The third-order valence-corrected chi connectivity index (χ3v) is 5.09.